The normalized spacial score (nSPS) is 18.7. The Kier molecular flexibility index (Phi) is 3.77. The number of hydrogen-bond donors (Lipinski definition) is 1. The highest BCUT2D eigenvalue weighted by molar-refractivity contribution is 5.72. The lowest BCUT2D eigenvalue weighted by atomic mass is 10.1. The van der Waals surface area contributed by atoms with Crippen LogP contribution >= 0.6 is 0 Å². The van der Waals surface area contributed by atoms with Crippen LogP contribution in [0.4, 0.5) is 10.6 Å². The van der Waals surface area contributed by atoms with Crippen molar-refractivity contribution in [1.82, 2.24) is 24.3 Å². The largest absolute Gasteiger partial charge is 0.487 e. The summed E-state index contributed by atoms with van der Waals surface area (Å²) in [5.74, 6) is 0.671. The Morgan fingerprint density at radius 3 is 2.93 bits per heavy atom. The van der Waals surface area contributed by atoms with Crippen molar-refractivity contribution in [3.05, 3.63) is 30.6 Å². The van der Waals surface area contributed by atoms with Gasteiger partial charge in [-0.3, -0.25) is 4.68 Å². The Morgan fingerprint density at radius 2 is 2.24 bits per heavy atom. The van der Waals surface area contributed by atoms with Gasteiger partial charge in [-0.05, 0) is 39.3 Å². The second-order valence-electron chi connectivity index (χ2n) is 8.05. The molecule has 0 spiro atoms. The lowest BCUT2D eigenvalue weighted by Gasteiger charge is -2.40. The third kappa shape index (κ3) is 3.85. The number of likely N-dealkylation sites (tertiary alicyclic amines) is 1. The van der Waals surface area contributed by atoms with Crippen molar-refractivity contribution >= 4 is 17.4 Å². The quantitative estimate of drug-likeness (QED) is 0.721. The molecule has 1 aliphatic heterocycles. The van der Waals surface area contributed by atoms with Crippen molar-refractivity contribution < 1.29 is 18.4 Å². The van der Waals surface area contributed by atoms with Gasteiger partial charge >= 0.3 is 6.09 Å². The molecule has 1 amide bonds. The fourth-order valence-electron chi connectivity index (χ4n) is 3.23. The summed E-state index contributed by atoms with van der Waals surface area (Å²) in [5, 5.41) is 8.19. The molecule has 2 N–H and O–H groups in total. The molecule has 29 heavy (non-hydrogen) atoms. The summed E-state index contributed by atoms with van der Waals surface area (Å²) in [7, 11) is 0. The van der Waals surface area contributed by atoms with E-state index in [0.717, 1.165) is 11.1 Å². The minimum absolute atomic E-state index is 0.161. The molecule has 9 nitrogen and oxygen atoms in total. The molecule has 9 heteroatoms. The summed E-state index contributed by atoms with van der Waals surface area (Å²) in [6, 6.07) is 5.02. The first-order chi connectivity index (χ1) is 14.9. The minimum atomic E-state index is -2.50. The summed E-state index contributed by atoms with van der Waals surface area (Å²) in [6.45, 7) is 3.73. The van der Waals surface area contributed by atoms with E-state index in [1.165, 1.54) is 6.20 Å². The van der Waals surface area contributed by atoms with Crippen LogP contribution in [0.1, 0.15) is 31.3 Å². The fourth-order valence-corrected chi connectivity index (χ4v) is 3.23. The zero-order valence-electron chi connectivity index (χ0n) is 19.6. The van der Waals surface area contributed by atoms with Crippen LogP contribution in [-0.4, -0.2) is 55.2 Å². The van der Waals surface area contributed by atoms with Gasteiger partial charge in [-0.2, -0.15) is 10.2 Å². The molecule has 3 aromatic heterocycles. The van der Waals surface area contributed by atoms with Gasteiger partial charge in [-0.25, -0.2) is 9.31 Å². The van der Waals surface area contributed by atoms with Crippen molar-refractivity contribution in [2.24, 2.45) is 6.98 Å². The number of hydrogen-bond acceptors (Lipinski definition) is 6. The number of nitrogens with zero attached hydrogens (tertiary/aromatic N) is 5. The Morgan fingerprint density at radius 1 is 1.41 bits per heavy atom. The highest BCUT2D eigenvalue weighted by Crippen LogP contribution is 2.31. The molecule has 1 aliphatic rings. The zero-order valence-corrected chi connectivity index (χ0v) is 16.6. The van der Waals surface area contributed by atoms with Gasteiger partial charge in [0.1, 0.15) is 23.7 Å². The lowest BCUT2D eigenvalue weighted by molar-refractivity contribution is -0.0141. The molecule has 0 aliphatic carbocycles. The van der Waals surface area contributed by atoms with Gasteiger partial charge in [0.15, 0.2) is 5.75 Å². The number of anilines is 1. The molecule has 1 saturated heterocycles. The maximum atomic E-state index is 12.4. The predicted octanol–water partition coefficient (Wildman–Crippen LogP) is 2.71. The Balaban J connectivity index is 1.58. The second kappa shape index (κ2) is 6.98. The Labute approximate surface area is 173 Å². The summed E-state index contributed by atoms with van der Waals surface area (Å²) in [6.07, 6.45) is 3.45. The van der Waals surface area contributed by atoms with Crippen molar-refractivity contribution in [3.63, 3.8) is 0 Å². The van der Waals surface area contributed by atoms with Crippen LogP contribution in [0.5, 0.6) is 5.75 Å². The lowest BCUT2D eigenvalue weighted by Crippen LogP contribution is -2.55. The van der Waals surface area contributed by atoms with Gasteiger partial charge in [0.25, 0.3) is 0 Å². The fraction of sp³-hybridized carbons (Fsp3) is 0.450. The highest BCUT2D eigenvalue weighted by Gasteiger charge is 2.36. The number of rotatable bonds is 4. The monoisotopic (exact) mass is 401 g/mol. The van der Waals surface area contributed by atoms with Gasteiger partial charge in [-0.15, -0.1) is 0 Å². The van der Waals surface area contributed by atoms with E-state index in [2.05, 4.69) is 10.2 Å². The van der Waals surface area contributed by atoms with Crippen LogP contribution in [-0.2, 0) is 11.7 Å². The van der Waals surface area contributed by atoms with Gasteiger partial charge in [0.05, 0.1) is 17.8 Å². The van der Waals surface area contributed by atoms with Crippen molar-refractivity contribution in [1.29, 1.82) is 0 Å². The topological polar surface area (TPSA) is 99.9 Å². The van der Waals surface area contributed by atoms with E-state index in [0.29, 0.717) is 34.9 Å². The predicted molar refractivity (Wildman–Crippen MR) is 109 cm³/mol. The van der Waals surface area contributed by atoms with Crippen LogP contribution in [0.25, 0.3) is 16.8 Å². The summed E-state index contributed by atoms with van der Waals surface area (Å²) in [5.41, 5.74) is 6.80. The molecule has 0 unspecified atom stereocenters. The van der Waals surface area contributed by atoms with Gasteiger partial charge in [0, 0.05) is 35.5 Å². The zero-order chi connectivity index (χ0) is 23.3. The van der Waals surface area contributed by atoms with Crippen LogP contribution in [0.2, 0.25) is 0 Å². The molecule has 0 aromatic carbocycles. The van der Waals surface area contributed by atoms with Crippen molar-refractivity contribution in [3.8, 4) is 17.0 Å². The van der Waals surface area contributed by atoms with Crippen LogP contribution in [0, 0.1) is 0 Å². The van der Waals surface area contributed by atoms with E-state index in [1.807, 2.05) is 20.8 Å². The van der Waals surface area contributed by atoms with Crippen LogP contribution in [0.15, 0.2) is 30.6 Å². The first-order valence-electron chi connectivity index (χ1n) is 10.9. The van der Waals surface area contributed by atoms with Gasteiger partial charge in [-0.1, -0.05) is 0 Å². The van der Waals surface area contributed by atoms with E-state index in [9.17, 15) is 4.79 Å². The van der Waals surface area contributed by atoms with Gasteiger partial charge in [0.2, 0.25) is 0 Å². The minimum Gasteiger partial charge on any atom is -0.487 e. The number of nitrogens with two attached hydrogens (primary N) is 1. The molecule has 1 atom stereocenters. The molecule has 0 saturated carbocycles. The average molecular weight is 401 g/mol. The van der Waals surface area contributed by atoms with E-state index >= 15 is 0 Å². The number of ether oxygens (including phenoxy) is 2. The maximum Gasteiger partial charge on any atom is 0.410 e. The number of fused-ring (bicyclic) bond motifs is 1. The molecular formula is C20H26N6O3. The maximum absolute atomic E-state index is 12.4. The number of aryl methyl sites for hydroxylation is 1. The molecule has 0 bridgehead atoms. The average Bonchev–Trinajstić information content (AvgIpc) is 3.20. The van der Waals surface area contributed by atoms with Gasteiger partial charge < -0.3 is 20.1 Å². The Hall–Kier alpha value is -3.23. The highest BCUT2D eigenvalue weighted by atomic mass is 16.6. The molecule has 0 radical (unpaired) electrons. The number of aromatic nitrogens is 4. The molecule has 154 valence electrons. The molecular weight excluding hydrogens is 372 g/mol. The molecule has 3 aromatic rings. The van der Waals surface area contributed by atoms with Crippen LogP contribution in [0.3, 0.4) is 0 Å². The number of nitrogen functional groups attached to an aromatic ring is 1. The van der Waals surface area contributed by atoms with E-state index in [4.69, 9.17) is 19.3 Å². The number of carbonyl (C=O) groups excluding carboxylic acids is 1. The summed E-state index contributed by atoms with van der Waals surface area (Å²) < 4.78 is 37.5. The smallest absolute Gasteiger partial charge is 0.410 e. The summed E-state index contributed by atoms with van der Waals surface area (Å²) in [4.78, 5) is 14.0. The molecule has 4 rings (SSSR count). The number of amides is 1. The second-order valence-corrected chi connectivity index (χ2v) is 8.05. The van der Waals surface area contributed by atoms with E-state index in [1.54, 1.807) is 33.8 Å². The molecule has 1 fully saturated rings. The van der Waals surface area contributed by atoms with Crippen LogP contribution < -0.4 is 10.5 Å². The standard InChI is InChI=1S/C20H26N6O3/c1-20(2,3)29-19(27)25-7-6-14(25)12-28-16-11-22-24(4)18(16)13-5-8-26-15(9-13)10-17(21)23-26/h5,8-11,14H,6-7,12H2,1-4H3,(H2,21,23)/t14-/m1/s1/i4D3. The summed E-state index contributed by atoms with van der Waals surface area (Å²) >= 11 is 0. The number of carbonyl (C=O) groups is 1. The van der Waals surface area contributed by atoms with E-state index < -0.39 is 12.6 Å². The van der Waals surface area contributed by atoms with Crippen molar-refractivity contribution in [2.75, 3.05) is 18.9 Å². The SMILES string of the molecule is [2H]C([2H])([2H])n1ncc(OC[C@H]2CCN2C(=O)OC(C)(C)C)c1-c1ccn2nc(N)cc2c1. The number of pyridine rings is 1. The first-order valence-corrected chi connectivity index (χ1v) is 9.38. The van der Waals surface area contributed by atoms with Crippen molar-refractivity contribution in [2.45, 2.75) is 38.8 Å². The molecule has 4 heterocycles. The van der Waals surface area contributed by atoms with E-state index in [-0.39, 0.29) is 18.7 Å². The Bertz CT molecular complexity index is 1150. The third-order valence-corrected chi connectivity index (χ3v) is 4.69. The third-order valence-electron chi connectivity index (χ3n) is 4.69. The first kappa shape index (κ1) is 15.7.